The molecule has 0 bridgehead atoms. The van der Waals surface area contributed by atoms with Gasteiger partial charge >= 0.3 is 11.9 Å². The van der Waals surface area contributed by atoms with Crippen LogP contribution in [0.15, 0.2) is 135 Å². The lowest BCUT2D eigenvalue weighted by molar-refractivity contribution is -0.135. The molecule has 2 N–H and O–H groups in total. The van der Waals surface area contributed by atoms with Crippen LogP contribution in [0.2, 0.25) is 0 Å². The lowest BCUT2D eigenvalue weighted by atomic mass is 9.88. The van der Waals surface area contributed by atoms with Gasteiger partial charge in [0.05, 0.1) is 26.3 Å². The Morgan fingerprint density at radius 3 is 1.36 bits per heavy atom. The number of methoxy groups -OCH3 is 2. The highest BCUT2D eigenvalue weighted by atomic mass is 16.5. The number of carbonyl (C=O) groups excluding carboxylic acids is 2. The van der Waals surface area contributed by atoms with Crippen LogP contribution in [0, 0.1) is 0 Å². The number of esters is 2. The Labute approximate surface area is 341 Å². The van der Waals surface area contributed by atoms with Crippen LogP contribution in [-0.2, 0) is 31.9 Å². The van der Waals surface area contributed by atoms with Gasteiger partial charge in [-0.2, -0.15) is 0 Å². The van der Waals surface area contributed by atoms with Crippen LogP contribution in [0.4, 0.5) is 0 Å². The van der Waals surface area contributed by atoms with Gasteiger partial charge in [0.1, 0.15) is 0 Å². The molecule has 4 heterocycles. The van der Waals surface area contributed by atoms with Gasteiger partial charge in [-0.05, 0) is 84.4 Å². The molecule has 2 aliphatic rings. The van der Waals surface area contributed by atoms with Crippen LogP contribution in [0.1, 0.15) is 70.7 Å². The number of nitrogens with zero attached hydrogens (tertiary/aromatic N) is 2. The minimum absolute atomic E-state index is 0.137. The Morgan fingerprint density at radius 2 is 1.00 bits per heavy atom. The number of benzene rings is 4. The summed E-state index contributed by atoms with van der Waals surface area (Å²) in [5.41, 5.74) is 12.1. The second-order valence-corrected chi connectivity index (χ2v) is 15.1. The van der Waals surface area contributed by atoms with Crippen molar-refractivity contribution in [2.75, 3.05) is 27.3 Å². The highest BCUT2D eigenvalue weighted by molar-refractivity contribution is 5.88. The fourth-order valence-corrected chi connectivity index (χ4v) is 8.64. The molecule has 2 aromatic heterocycles. The van der Waals surface area contributed by atoms with Crippen molar-refractivity contribution < 1.29 is 19.1 Å². The highest BCUT2D eigenvalue weighted by Gasteiger charge is 2.36. The van der Waals surface area contributed by atoms with E-state index >= 15 is 0 Å². The average Bonchev–Trinajstić information content (AvgIpc) is 3.81. The van der Waals surface area contributed by atoms with Crippen molar-refractivity contribution in [1.29, 1.82) is 0 Å². The van der Waals surface area contributed by atoms with Crippen LogP contribution in [0.5, 0.6) is 0 Å². The van der Waals surface area contributed by atoms with Gasteiger partial charge in [-0.3, -0.25) is 9.80 Å². The van der Waals surface area contributed by atoms with Gasteiger partial charge in [-0.25, -0.2) is 9.59 Å². The first-order valence-electron chi connectivity index (χ1n) is 19.9. The number of nitrogens with one attached hydrogen (secondary N) is 2. The number of hydrogen-bond donors (Lipinski definition) is 2. The molecular weight excluding hydrogens is 721 g/mol. The van der Waals surface area contributed by atoms with Crippen molar-refractivity contribution in [1.82, 2.24) is 19.8 Å². The molecule has 8 heteroatoms. The summed E-state index contributed by atoms with van der Waals surface area (Å²) in [5.74, 6) is -0.704. The normalized spacial score (nSPS) is 19.4. The van der Waals surface area contributed by atoms with Gasteiger partial charge in [0.2, 0.25) is 0 Å². The fraction of sp³-hybridized carbons (Fsp3) is 0.240. The van der Waals surface area contributed by atoms with E-state index in [1.807, 2.05) is 36.4 Å². The molecule has 0 saturated carbocycles. The molecule has 0 spiro atoms. The second-order valence-electron chi connectivity index (χ2n) is 15.1. The molecule has 0 fully saturated rings. The molecule has 8 nitrogen and oxygen atoms in total. The molecule has 0 saturated heterocycles. The first-order valence-corrected chi connectivity index (χ1v) is 19.9. The largest absolute Gasteiger partial charge is 0.466 e. The molecule has 58 heavy (non-hydrogen) atoms. The molecular formula is C50H52N4O4. The van der Waals surface area contributed by atoms with E-state index in [1.54, 1.807) is 12.2 Å². The standard InChI is InChI=1S/2C25H26N2O2/c2*1-4-15-27-17(2)16-21-20-7-5-6-8-22(20)26-24(21)25(27)19-12-9-18(10-13-19)11-14-23(28)29-3/h2*4-14,17,25-26H,1,15-16H2,2-3H3/b2*14-11+/t17-,25+;17-,25-/m11/s1. The maximum Gasteiger partial charge on any atom is 0.330 e. The van der Waals surface area contributed by atoms with Crippen LogP contribution in [0.3, 0.4) is 0 Å². The predicted molar refractivity (Wildman–Crippen MR) is 235 cm³/mol. The van der Waals surface area contributed by atoms with Crippen molar-refractivity contribution in [3.05, 3.63) is 179 Å². The summed E-state index contributed by atoms with van der Waals surface area (Å²) < 4.78 is 9.33. The average molecular weight is 773 g/mol. The monoisotopic (exact) mass is 772 g/mol. The smallest absolute Gasteiger partial charge is 0.330 e. The zero-order valence-corrected chi connectivity index (χ0v) is 33.8. The molecule has 4 aromatic carbocycles. The molecule has 0 unspecified atom stereocenters. The second kappa shape index (κ2) is 17.9. The van der Waals surface area contributed by atoms with Crippen molar-refractivity contribution in [3.8, 4) is 0 Å². The van der Waals surface area contributed by atoms with Crippen molar-refractivity contribution in [3.63, 3.8) is 0 Å². The van der Waals surface area contributed by atoms with Crippen LogP contribution in [-0.4, -0.2) is 71.1 Å². The van der Waals surface area contributed by atoms with E-state index in [4.69, 9.17) is 0 Å². The molecule has 296 valence electrons. The van der Waals surface area contributed by atoms with Gasteiger partial charge in [-0.15, -0.1) is 13.2 Å². The third kappa shape index (κ3) is 8.26. The number of carbonyl (C=O) groups is 2. The lowest BCUT2D eigenvalue weighted by Crippen LogP contribution is -2.42. The number of H-pyrrole nitrogens is 2. The van der Waals surface area contributed by atoms with E-state index in [0.29, 0.717) is 12.1 Å². The summed E-state index contributed by atoms with van der Waals surface area (Å²) in [6.07, 6.45) is 12.4. The Bertz CT molecular complexity index is 2300. The Balaban J connectivity index is 0.000000177. The molecule has 0 radical (unpaired) electrons. The van der Waals surface area contributed by atoms with Crippen molar-refractivity contribution in [2.24, 2.45) is 0 Å². The summed E-state index contributed by atoms with van der Waals surface area (Å²) in [7, 11) is 2.76. The van der Waals surface area contributed by atoms with Gasteiger partial charge < -0.3 is 19.4 Å². The Morgan fingerprint density at radius 1 is 0.621 bits per heavy atom. The van der Waals surface area contributed by atoms with E-state index in [1.165, 1.54) is 81.8 Å². The molecule has 0 amide bonds. The zero-order chi connectivity index (χ0) is 40.8. The minimum Gasteiger partial charge on any atom is -0.466 e. The van der Waals surface area contributed by atoms with Gasteiger partial charge in [0, 0.05) is 70.5 Å². The molecule has 6 aromatic rings. The van der Waals surface area contributed by atoms with Crippen molar-refractivity contribution >= 4 is 45.9 Å². The summed E-state index contributed by atoms with van der Waals surface area (Å²) in [5, 5.41) is 2.63. The van der Waals surface area contributed by atoms with Gasteiger partial charge in [0.15, 0.2) is 0 Å². The van der Waals surface area contributed by atoms with E-state index in [9.17, 15) is 9.59 Å². The number of rotatable bonds is 10. The van der Waals surface area contributed by atoms with Gasteiger partial charge in [0.25, 0.3) is 0 Å². The van der Waals surface area contributed by atoms with Crippen molar-refractivity contribution in [2.45, 2.75) is 50.9 Å². The lowest BCUT2D eigenvalue weighted by Gasteiger charge is -2.40. The van der Waals surface area contributed by atoms with E-state index in [0.717, 1.165) is 37.1 Å². The summed E-state index contributed by atoms with van der Waals surface area (Å²) >= 11 is 0. The summed E-state index contributed by atoms with van der Waals surface area (Å²) in [6, 6.07) is 34.9. The molecule has 8 rings (SSSR count). The van der Waals surface area contributed by atoms with Gasteiger partial charge in [-0.1, -0.05) is 97.1 Å². The number of aromatic amines is 2. The third-order valence-electron chi connectivity index (χ3n) is 11.4. The predicted octanol–water partition coefficient (Wildman–Crippen LogP) is 9.75. The SMILES string of the molecule is C=CCN1[C@@H](c2ccc(/C=C/C(=O)OC)cc2)c2[nH]c3ccccc3c2C[C@H]1C.C=CCN1[C@H](c2ccc(/C=C/C(=O)OC)cc2)c2[nH]c3ccccc3c2C[C@H]1C. The first kappa shape index (κ1) is 40.0. The maximum atomic E-state index is 11.3. The Hall–Kier alpha value is -6.22. The number of fused-ring (bicyclic) bond motifs is 6. The minimum atomic E-state index is -0.352. The molecule has 0 aliphatic carbocycles. The fourth-order valence-electron chi connectivity index (χ4n) is 8.64. The summed E-state index contributed by atoms with van der Waals surface area (Å²) in [6.45, 7) is 14.2. The van der Waals surface area contributed by atoms with Crippen LogP contribution in [0.25, 0.3) is 34.0 Å². The number of ether oxygens (including phenoxy) is 2. The van der Waals surface area contributed by atoms with Crippen LogP contribution >= 0.6 is 0 Å². The Kier molecular flexibility index (Phi) is 12.4. The molecule has 4 atom stereocenters. The quantitative estimate of drug-likeness (QED) is 0.0819. The highest BCUT2D eigenvalue weighted by Crippen LogP contribution is 2.42. The number of para-hydroxylation sites is 2. The number of aromatic nitrogens is 2. The van der Waals surface area contributed by atoms with E-state index in [-0.39, 0.29) is 24.0 Å². The number of hydrogen-bond acceptors (Lipinski definition) is 6. The maximum absolute atomic E-state index is 11.3. The van der Waals surface area contributed by atoms with E-state index in [2.05, 4.69) is 129 Å². The van der Waals surface area contributed by atoms with E-state index < -0.39 is 0 Å². The van der Waals surface area contributed by atoms with Crippen LogP contribution < -0.4 is 0 Å². The first-order chi connectivity index (χ1) is 28.2. The third-order valence-corrected chi connectivity index (χ3v) is 11.4. The molecule has 2 aliphatic heterocycles. The topological polar surface area (TPSA) is 90.7 Å². The zero-order valence-electron chi connectivity index (χ0n) is 33.8. The summed E-state index contributed by atoms with van der Waals surface area (Å²) in [4.78, 5) is 35.0.